The van der Waals surface area contributed by atoms with Crippen molar-refractivity contribution >= 4 is 40.5 Å². The lowest BCUT2D eigenvalue weighted by Gasteiger charge is -1.90. The monoisotopic (exact) mass is 218 g/mol. The van der Waals surface area contributed by atoms with Gasteiger partial charge in [0.1, 0.15) is 4.32 Å². The van der Waals surface area contributed by atoms with E-state index in [1.807, 2.05) is 0 Å². The Morgan fingerprint density at radius 2 is 1.23 bits per heavy atom. The highest BCUT2D eigenvalue weighted by atomic mass is 32.1. The van der Waals surface area contributed by atoms with Crippen LogP contribution in [0.1, 0.15) is 0 Å². The van der Waals surface area contributed by atoms with Crippen molar-refractivity contribution in [3.05, 3.63) is 24.3 Å². The largest absolute Gasteiger partial charge is 0.399 e. The number of nitrogen functional groups attached to an aromatic ring is 2. The van der Waals surface area contributed by atoms with Crippen LogP contribution >= 0.6 is 24.8 Å². The van der Waals surface area contributed by atoms with Crippen molar-refractivity contribution in [2.75, 3.05) is 11.5 Å². The van der Waals surface area contributed by atoms with Crippen molar-refractivity contribution in [3.63, 3.8) is 0 Å². The highest BCUT2D eigenvalue weighted by Crippen LogP contribution is 2.04. The Morgan fingerprint density at radius 3 is 1.38 bits per heavy atom. The van der Waals surface area contributed by atoms with Gasteiger partial charge in [-0.2, -0.15) is 0 Å². The molecule has 1 aromatic carbocycles. The van der Waals surface area contributed by atoms with Crippen LogP contribution in [0.4, 0.5) is 11.4 Å². The zero-order chi connectivity index (χ0) is 9.56. The molecule has 0 spiro atoms. The van der Waals surface area contributed by atoms with E-state index in [2.05, 4.69) is 24.8 Å². The number of benzene rings is 1. The van der Waals surface area contributed by atoms with Gasteiger partial charge in [0.25, 0.3) is 0 Å². The lowest BCUT2D eigenvalue weighted by atomic mass is 10.3. The summed E-state index contributed by atoms with van der Waals surface area (Å²) in [5.41, 5.74) is 16.9. The average Bonchev–Trinajstić information content (AvgIpc) is 1.94. The lowest BCUT2D eigenvalue weighted by Crippen LogP contribution is -1.94. The number of nitrogens with two attached hydrogens (primary N) is 3. The van der Waals surface area contributed by atoms with Crippen LogP contribution in [-0.4, -0.2) is 4.32 Å². The Balaban J connectivity index is 0. The first-order valence-electron chi connectivity index (χ1n) is 3.12. The molecule has 13 heavy (non-hydrogen) atoms. The zero-order valence-electron chi connectivity index (χ0n) is 7.10. The number of hydrogen-bond donors (Lipinski definition) is 5. The van der Waals surface area contributed by atoms with Gasteiger partial charge in [0.15, 0.2) is 0 Å². The molecule has 74 valence electrons. The summed E-state index contributed by atoms with van der Waals surface area (Å²) in [5, 5.41) is 0. The van der Waals surface area contributed by atoms with Gasteiger partial charge < -0.3 is 23.4 Å². The van der Waals surface area contributed by atoms with Crippen molar-refractivity contribution < 1.29 is 0 Å². The number of rotatable bonds is 0. The van der Waals surface area contributed by atoms with Crippen LogP contribution in [0.2, 0.25) is 0 Å². The predicted octanol–water partition coefficient (Wildman–Crippen LogP) is 1.17. The third-order valence-electron chi connectivity index (χ3n) is 0.936. The molecule has 9 N–H and O–H groups in total. The molecule has 0 aliphatic carbocycles. The summed E-state index contributed by atoms with van der Waals surface area (Å²) in [7, 11) is 0. The van der Waals surface area contributed by atoms with E-state index in [-0.39, 0.29) is 10.5 Å². The topological polar surface area (TPSA) is 113 Å². The van der Waals surface area contributed by atoms with Crippen LogP contribution < -0.4 is 23.4 Å². The summed E-state index contributed by atoms with van der Waals surface area (Å²) in [6, 6.07) is 7.09. The van der Waals surface area contributed by atoms with E-state index in [0.717, 1.165) is 11.4 Å². The third kappa shape index (κ3) is 11.0. The molecule has 6 heteroatoms. The first kappa shape index (κ1) is 14.5. The second-order valence-electron chi connectivity index (χ2n) is 2.00. The average molecular weight is 218 g/mol. The second-order valence-corrected chi connectivity index (χ2v) is 3.23. The Labute approximate surface area is 88.5 Å². The molecule has 0 radical (unpaired) electrons. The maximum absolute atomic E-state index is 5.37. The van der Waals surface area contributed by atoms with Crippen LogP contribution in [0.3, 0.4) is 0 Å². The summed E-state index contributed by atoms with van der Waals surface area (Å²) in [5.74, 6) is 0. The van der Waals surface area contributed by atoms with Gasteiger partial charge in [0.05, 0.1) is 0 Å². The molecule has 1 aromatic rings. The van der Waals surface area contributed by atoms with Crippen LogP contribution in [0.25, 0.3) is 0 Å². The fourth-order valence-corrected chi connectivity index (χ4v) is 0.496. The zero-order valence-corrected chi connectivity index (χ0v) is 8.81. The highest BCUT2D eigenvalue weighted by Gasteiger charge is 1.80. The fourth-order valence-electron chi connectivity index (χ4n) is 0.496. The van der Waals surface area contributed by atoms with E-state index in [4.69, 9.17) is 17.2 Å². The molecule has 0 saturated heterocycles. The van der Waals surface area contributed by atoms with Crippen molar-refractivity contribution in [2.45, 2.75) is 0 Å². The summed E-state index contributed by atoms with van der Waals surface area (Å²) in [6.45, 7) is 0. The molecular formula is C7H14N4S2. The van der Waals surface area contributed by atoms with E-state index in [1.165, 1.54) is 0 Å². The molecule has 0 aliphatic rings. The van der Waals surface area contributed by atoms with Crippen molar-refractivity contribution in [1.82, 2.24) is 6.15 Å². The number of thiol groups is 1. The van der Waals surface area contributed by atoms with Crippen LogP contribution in [0.15, 0.2) is 24.3 Å². The molecule has 0 amide bonds. The van der Waals surface area contributed by atoms with Gasteiger partial charge in [-0.3, -0.25) is 0 Å². The van der Waals surface area contributed by atoms with Gasteiger partial charge in [-0.25, -0.2) is 0 Å². The predicted molar refractivity (Wildman–Crippen MR) is 66.1 cm³/mol. The van der Waals surface area contributed by atoms with E-state index < -0.39 is 0 Å². The van der Waals surface area contributed by atoms with Crippen molar-refractivity contribution in [1.29, 1.82) is 0 Å². The molecule has 0 aliphatic heterocycles. The fraction of sp³-hybridized carbons (Fsp3) is 0. The first-order valence-corrected chi connectivity index (χ1v) is 3.97. The molecule has 0 heterocycles. The quantitative estimate of drug-likeness (QED) is 0.255. The van der Waals surface area contributed by atoms with Gasteiger partial charge in [0.2, 0.25) is 0 Å². The normalized spacial score (nSPS) is 7.46. The van der Waals surface area contributed by atoms with Gasteiger partial charge in [-0.05, 0) is 24.3 Å². The maximum Gasteiger partial charge on any atom is 0.128 e. The molecule has 0 saturated carbocycles. The molecule has 0 fully saturated rings. The van der Waals surface area contributed by atoms with Gasteiger partial charge in [-0.1, -0.05) is 12.2 Å². The third-order valence-corrected chi connectivity index (χ3v) is 0.936. The minimum absolute atomic E-state index is 0. The SMILES string of the molecule is N.NC(=S)S.Nc1ccc(N)cc1. The molecule has 0 atom stereocenters. The molecule has 0 aromatic heterocycles. The van der Waals surface area contributed by atoms with E-state index in [0.29, 0.717) is 0 Å². The molecule has 1 rings (SSSR count). The lowest BCUT2D eigenvalue weighted by molar-refractivity contribution is 1.67. The summed E-state index contributed by atoms with van der Waals surface area (Å²) < 4.78 is 0.194. The van der Waals surface area contributed by atoms with Crippen LogP contribution in [-0.2, 0) is 0 Å². The summed E-state index contributed by atoms with van der Waals surface area (Å²) in [6.07, 6.45) is 0. The molecule has 0 bridgehead atoms. The highest BCUT2D eigenvalue weighted by molar-refractivity contribution is 8.10. The Bertz CT molecular complexity index is 222. The number of thiocarbonyl (C=S) groups is 1. The van der Waals surface area contributed by atoms with Gasteiger partial charge in [-0.15, -0.1) is 12.6 Å². The smallest absolute Gasteiger partial charge is 0.128 e. The summed E-state index contributed by atoms with van der Waals surface area (Å²) >= 11 is 7.65. The van der Waals surface area contributed by atoms with E-state index in [9.17, 15) is 0 Å². The molecular weight excluding hydrogens is 204 g/mol. The van der Waals surface area contributed by atoms with E-state index in [1.54, 1.807) is 24.3 Å². The van der Waals surface area contributed by atoms with Crippen molar-refractivity contribution in [2.24, 2.45) is 5.73 Å². The number of hydrogen-bond acceptors (Lipinski definition) is 4. The van der Waals surface area contributed by atoms with Gasteiger partial charge in [0, 0.05) is 11.4 Å². The van der Waals surface area contributed by atoms with Gasteiger partial charge >= 0.3 is 0 Å². The van der Waals surface area contributed by atoms with Crippen molar-refractivity contribution in [3.8, 4) is 0 Å². The Morgan fingerprint density at radius 1 is 1.08 bits per heavy atom. The molecule has 0 unspecified atom stereocenters. The molecule has 4 nitrogen and oxygen atoms in total. The van der Waals surface area contributed by atoms with E-state index >= 15 is 0 Å². The maximum atomic E-state index is 5.37. The minimum atomic E-state index is 0. The second kappa shape index (κ2) is 7.66. The standard InChI is InChI=1S/C6H8N2.CH3NS2.H3N/c7-5-1-2-6(8)4-3-5;2-1(3)4;/h1-4H,7-8H2;(H3,2,3,4);1H3. The Kier molecular flexibility index (Phi) is 8.56. The Hall–Kier alpha value is -0.980. The summed E-state index contributed by atoms with van der Waals surface area (Å²) in [4.78, 5) is 0. The van der Waals surface area contributed by atoms with Crippen LogP contribution in [0.5, 0.6) is 0 Å². The van der Waals surface area contributed by atoms with Crippen LogP contribution in [0, 0.1) is 0 Å². The first-order chi connectivity index (χ1) is 5.52. The number of anilines is 2. The minimum Gasteiger partial charge on any atom is -0.399 e.